The molecule has 2 heterocycles. The van der Waals surface area contributed by atoms with Crippen LogP contribution in [0.2, 0.25) is 0 Å². The van der Waals surface area contributed by atoms with Gasteiger partial charge in [-0.25, -0.2) is 4.98 Å². The molecule has 0 N–H and O–H groups in total. The van der Waals surface area contributed by atoms with Crippen molar-refractivity contribution in [3.63, 3.8) is 0 Å². The molecule has 0 bridgehead atoms. The molecule has 1 aromatic rings. The van der Waals surface area contributed by atoms with E-state index >= 15 is 0 Å². The second-order valence-electron chi connectivity index (χ2n) is 5.96. The summed E-state index contributed by atoms with van der Waals surface area (Å²) < 4.78 is 2.11. The van der Waals surface area contributed by atoms with Crippen molar-refractivity contribution in [2.75, 3.05) is 13.1 Å². The van der Waals surface area contributed by atoms with Gasteiger partial charge in [0, 0.05) is 18.9 Å². The Morgan fingerprint density at radius 2 is 2.05 bits per heavy atom. The van der Waals surface area contributed by atoms with E-state index in [0.29, 0.717) is 12.2 Å². The zero-order valence-electron chi connectivity index (χ0n) is 13.1. The maximum absolute atomic E-state index is 12.8. The molecule has 1 aliphatic heterocycles. The van der Waals surface area contributed by atoms with Gasteiger partial charge in [-0.3, -0.25) is 9.69 Å². The lowest BCUT2D eigenvalue weighted by molar-refractivity contribution is -0.129. The van der Waals surface area contributed by atoms with Gasteiger partial charge in [0.2, 0.25) is 0 Å². The van der Waals surface area contributed by atoms with Crippen LogP contribution in [-0.4, -0.2) is 38.9 Å². The van der Waals surface area contributed by atoms with Crippen molar-refractivity contribution in [1.82, 2.24) is 14.5 Å². The van der Waals surface area contributed by atoms with Crippen LogP contribution in [-0.2, 0) is 17.8 Å². The van der Waals surface area contributed by atoms with Crippen molar-refractivity contribution in [1.29, 1.82) is 0 Å². The molecular formula is C16H27N3O. The fraction of sp³-hybridized carbons (Fsp3) is 0.750. The van der Waals surface area contributed by atoms with Crippen LogP contribution < -0.4 is 0 Å². The predicted molar refractivity (Wildman–Crippen MR) is 80.7 cm³/mol. The third-order valence-electron chi connectivity index (χ3n) is 4.68. The standard InChI is InChI=1S/C16H27N3O/c1-4-9-18-12-8-17-15(18)13-14(20)16(3,5-2)19-10-6-7-11-19/h8,12H,4-7,9-11,13H2,1-3H3. The van der Waals surface area contributed by atoms with Crippen LogP contribution in [0.25, 0.3) is 0 Å². The Kier molecular flexibility index (Phi) is 4.97. The van der Waals surface area contributed by atoms with E-state index in [4.69, 9.17) is 0 Å². The molecule has 4 heteroatoms. The minimum absolute atomic E-state index is 0.311. The number of imidazole rings is 1. The fourth-order valence-corrected chi connectivity index (χ4v) is 3.09. The summed E-state index contributed by atoms with van der Waals surface area (Å²) in [7, 11) is 0. The summed E-state index contributed by atoms with van der Waals surface area (Å²) in [5.74, 6) is 1.22. The molecule has 0 spiro atoms. The number of rotatable bonds is 7. The summed E-state index contributed by atoms with van der Waals surface area (Å²) in [6, 6.07) is 0. The summed E-state index contributed by atoms with van der Waals surface area (Å²) >= 11 is 0. The first-order valence-corrected chi connectivity index (χ1v) is 7.90. The number of Topliss-reactive ketones (excluding diaryl/α,β-unsaturated/α-hetero) is 1. The number of ketones is 1. The fourth-order valence-electron chi connectivity index (χ4n) is 3.09. The number of carbonyl (C=O) groups excluding carboxylic acids is 1. The number of hydrogen-bond acceptors (Lipinski definition) is 3. The van der Waals surface area contributed by atoms with Crippen LogP contribution in [0.5, 0.6) is 0 Å². The highest BCUT2D eigenvalue weighted by molar-refractivity contribution is 5.89. The molecule has 112 valence electrons. The summed E-state index contributed by atoms with van der Waals surface area (Å²) in [5, 5.41) is 0. The van der Waals surface area contributed by atoms with Crippen LogP contribution in [0.15, 0.2) is 12.4 Å². The largest absolute Gasteiger partial charge is 0.335 e. The number of aromatic nitrogens is 2. The van der Waals surface area contributed by atoms with Gasteiger partial charge in [-0.15, -0.1) is 0 Å². The van der Waals surface area contributed by atoms with E-state index < -0.39 is 0 Å². The maximum Gasteiger partial charge on any atom is 0.160 e. The molecule has 0 aromatic carbocycles. The average molecular weight is 277 g/mol. The van der Waals surface area contributed by atoms with E-state index in [1.807, 2.05) is 6.20 Å². The topological polar surface area (TPSA) is 38.1 Å². The Bertz CT molecular complexity index is 448. The number of carbonyl (C=O) groups is 1. The Balaban J connectivity index is 2.10. The number of likely N-dealkylation sites (tertiary alicyclic amines) is 1. The third-order valence-corrected chi connectivity index (χ3v) is 4.68. The van der Waals surface area contributed by atoms with Gasteiger partial charge in [-0.1, -0.05) is 13.8 Å². The molecule has 0 saturated carbocycles. The van der Waals surface area contributed by atoms with E-state index in [0.717, 1.165) is 38.3 Å². The van der Waals surface area contributed by atoms with Crippen molar-refractivity contribution < 1.29 is 4.79 Å². The number of hydrogen-bond donors (Lipinski definition) is 0. The molecule has 0 amide bonds. The lowest BCUT2D eigenvalue weighted by atomic mass is 9.89. The Hall–Kier alpha value is -1.16. The quantitative estimate of drug-likeness (QED) is 0.769. The highest BCUT2D eigenvalue weighted by Crippen LogP contribution is 2.26. The average Bonchev–Trinajstić information content (AvgIpc) is 3.10. The Morgan fingerprint density at radius 1 is 1.35 bits per heavy atom. The van der Waals surface area contributed by atoms with Crippen molar-refractivity contribution in [3.05, 3.63) is 18.2 Å². The molecule has 1 unspecified atom stereocenters. The zero-order valence-corrected chi connectivity index (χ0v) is 13.1. The molecule has 1 aromatic heterocycles. The third kappa shape index (κ3) is 2.95. The van der Waals surface area contributed by atoms with Gasteiger partial charge in [0.15, 0.2) is 5.78 Å². The summed E-state index contributed by atoms with van der Waals surface area (Å²) in [4.78, 5) is 19.5. The second kappa shape index (κ2) is 6.53. The molecule has 0 radical (unpaired) electrons. The maximum atomic E-state index is 12.8. The van der Waals surface area contributed by atoms with Crippen LogP contribution in [0.4, 0.5) is 0 Å². The lowest BCUT2D eigenvalue weighted by Crippen LogP contribution is -2.51. The first-order valence-electron chi connectivity index (χ1n) is 7.90. The predicted octanol–water partition coefficient (Wildman–Crippen LogP) is 2.67. The monoisotopic (exact) mass is 277 g/mol. The van der Waals surface area contributed by atoms with Gasteiger partial charge < -0.3 is 4.57 Å². The van der Waals surface area contributed by atoms with Crippen LogP contribution in [0.3, 0.4) is 0 Å². The first-order chi connectivity index (χ1) is 9.61. The summed E-state index contributed by atoms with van der Waals surface area (Å²) in [5.41, 5.74) is -0.320. The molecule has 1 aliphatic rings. The van der Waals surface area contributed by atoms with E-state index in [2.05, 4.69) is 35.2 Å². The van der Waals surface area contributed by atoms with Crippen LogP contribution >= 0.6 is 0 Å². The smallest absolute Gasteiger partial charge is 0.160 e. The SMILES string of the molecule is CCCn1ccnc1CC(=O)C(C)(CC)N1CCCC1. The lowest BCUT2D eigenvalue weighted by Gasteiger charge is -2.36. The molecule has 20 heavy (non-hydrogen) atoms. The van der Waals surface area contributed by atoms with Gasteiger partial charge >= 0.3 is 0 Å². The van der Waals surface area contributed by atoms with Crippen molar-refractivity contribution in [3.8, 4) is 0 Å². The molecule has 2 rings (SSSR count). The minimum atomic E-state index is -0.320. The van der Waals surface area contributed by atoms with E-state index in [1.165, 1.54) is 12.8 Å². The summed E-state index contributed by atoms with van der Waals surface area (Å²) in [6.45, 7) is 9.42. The molecule has 4 nitrogen and oxygen atoms in total. The number of nitrogens with zero attached hydrogens (tertiary/aromatic N) is 3. The van der Waals surface area contributed by atoms with E-state index in [1.54, 1.807) is 6.20 Å². The first kappa shape index (κ1) is 15.2. The summed E-state index contributed by atoms with van der Waals surface area (Å²) in [6.07, 6.45) is 8.60. The molecular weight excluding hydrogens is 250 g/mol. The number of aryl methyl sites for hydroxylation is 1. The minimum Gasteiger partial charge on any atom is -0.335 e. The highest BCUT2D eigenvalue weighted by Gasteiger charge is 2.38. The molecule has 1 fully saturated rings. The second-order valence-corrected chi connectivity index (χ2v) is 5.96. The van der Waals surface area contributed by atoms with Gasteiger partial charge in [0.25, 0.3) is 0 Å². The highest BCUT2D eigenvalue weighted by atomic mass is 16.1. The Morgan fingerprint density at radius 3 is 2.65 bits per heavy atom. The molecule has 1 saturated heterocycles. The van der Waals surface area contributed by atoms with Crippen LogP contribution in [0, 0.1) is 0 Å². The van der Waals surface area contributed by atoms with Gasteiger partial charge in [-0.2, -0.15) is 0 Å². The van der Waals surface area contributed by atoms with Crippen LogP contribution in [0.1, 0.15) is 52.3 Å². The van der Waals surface area contributed by atoms with Crippen molar-refractivity contribution >= 4 is 5.78 Å². The van der Waals surface area contributed by atoms with E-state index in [-0.39, 0.29) is 5.54 Å². The zero-order chi connectivity index (χ0) is 14.6. The Labute approximate surface area is 122 Å². The molecule has 1 atom stereocenters. The van der Waals surface area contributed by atoms with Gasteiger partial charge in [0.05, 0.1) is 12.0 Å². The van der Waals surface area contributed by atoms with E-state index in [9.17, 15) is 4.79 Å². The van der Waals surface area contributed by atoms with Crippen molar-refractivity contribution in [2.24, 2.45) is 0 Å². The molecule has 0 aliphatic carbocycles. The van der Waals surface area contributed by atoms with Gasteiger partial charge in [0.1, 0.15) is 5.82 Å². The normalized spacial score (nSPS) is 19.1. The van der Waals surface area contributed by atoms with Crippen molar-refractivity contribution in [2.45, 2.75) is 65.0 Å². The van der Waals surface area contributed by atoms with Gasteiger partial charge in [-0.05, 0) is 45.7 Å².